The summed E-state index contributed by atoms with van der Waals surface area (Å²) in [5, 5.41) is 10.5. The maximum Gasteiger partial charge on any atom is 0.323 e. The quantitative estimate of drug-likeness (QED) is 0.285. The number of urea groups is 1. The Balaban J connectivity index is 1.70. The van der Waals surface area contributed by atoms with Crippen LogP contribution in [0.5, 0.6) is 5.75 Å². The Morgan fingerprint density at radius 1 is 1.00 bits per heavy atom. The topological polar surface area (TPSA) is 98.1 Å². The zero-order chi connectivity index (χ0) is 25.8. The highest BCUT2D eigenvalue weighted by molar-refractivity contribution is 6.39. The van der Waals surface area contributed by atoms with Gasteiger partial charge in [-0.3, -0.25) is 9.78 Å². The summed E-state index contributed by atoms with van der Waals surface area (Å²) >= 11 is 18.4. The number of nitrogens with zero attached hydrogens (tertiary/aromatic N) is 3. The van der Waals surface area contributed by atoms with Crippen LogP contribution in [-0.4, -0.2) is 27.9 Å². The second-order valence-electron chi connectivity index (χ2n) is 7.55. The van der Waals surface area contributed by atoms with Crippen molar-refractivity contribution in [1.29, 1.82) is 0 Å². The first kappa shape index (κ1) is 25.5. The number of carbonyl (C=O) groups excluding carboxylic acids is 1. The zero-order valence-corrected chi connectivity index (χ0v) is 21.4. The van der Waals surface area contributed by atoms with Crippen LogP contribution >= 0.6 is 34.8 Å². The van der Waals surface area contributed by atoms with Crippen molar-refractivity contribution in [2.45, 2.75) is 13.5 Å². The first-order chi connectivity index (χ1) is 17.3. The molecule has 0 saturated carbocycles. The Bertz CT molecular complexity index is 1490. The van der Waals surface area contributed by atoms with E-state index in [0.717, 1.165) is 16.7 Å². The van der Waals surface area contributed by atoms with Gasteiger partial charge in [0.2, 0.25) is 0 Å². The number of aryl methyl sites for hydroxylation is 1. The van der Waals surface area contributed by atoms with Gasteiger partial charge in [0.15, 0.2) is 0 Å². The van der Waals surface area contributed by atoms with Crippen LogP contribution in [0.25, 0.3) is 22.4 Å². The van der Waals surface area contributed by atoms with Gasteiger partial charge in [-0.15, -0.1) is 0 Å². The predicted octanol–water partition coefficient (Wildman–Crippen LogP) is 6.61. The lowest BCUT2D eigenvalue weighted by atomic mass is 10.0. The van der Waals surface area contributed by atoms with E-state index in [-0.39, 0.29) is 21.4 Å². The highest BCUT2D eigenvalue weighted by atomic mass is 35.5. The van der Waals surface area contributed by atoms with Gasteiger partial charge in [-0.1, -0.05) is 53.0 Å². The van der Waals surface area contributed by atoms with Crippen LogP contribution in [0, 0.1) is 0 Å². The molecule has 0 aliphatic rings. The van der Waals surface area contributed by atoms with Crippen LogP contribution in [0.1, 0.15) is 6.92 Å². The highest BCUT2D eigenvalue weighted by Gasteiger charge is 2.16. The Morgan fingerprint density at radius 3 is 2.42 bits per heavy atom. The number of hydrogen-bond acceptors (Lipinski definition) is 5. The molecule has 2 aromatic carbocycles. The average molecular weight is 545 g/mol. The molecule has 0 unspecified atom stereocenters. The van der Waals surface area contributed by atoms with Crippen molar-refractivity contribution in [2.24, 2.45) is 0 Å². The van der Waals surface area contributed by atoms with E-state index in [2.05, 4.69) is 20.7 Å². The van der Waals surface area contributed by atoms with Crippen molar-refractivity contribution >= 4 is 52.2 Å². The first-order valence-corrected chi connectivity index (χ1v) is 11.9. The number of aromatic nitrogens is 3. The van der Waals surface area contributed by atoms with E-state index in [9.17, 15) is 9.59 Å². The van der Waals surface area contributed by atoms with Gasteiger partial charge in [-0.05, 0) is 42.8 Å². The van der Waals surface area contributed by atoms with Crippen molar-refractivity contribution < 1.29 is 9.53 Å². The van der Waals surface area contributed by atoms with E-state index in [1.807, 2.05) is 30.3 Å². The molecule has 8 nitrogen and oxygen atoms in total. The number of nitrogens with one attached hydrogen (secondary N) is 2. The number of methoxy groups -OCH3 is 1. The second kappa shape index (κ2) is 11.0. The normalized spacial score (nSPS) is 10.7. The summed E-state index contributed by atoms with van der Waals surface area (Å²) in [5.41, 5.74) is 2.60. The maximum atomic E-state index is 12.9. The molecule has 0 aliphatic carbocycles. The summed E-state index contributed by atoms with van der Waals surface area (Å²) < 4.78 is 6.75. The molecule has 0 bridgehead atoms. The molecule has 0 aliphatic heterocycles. The third-order valence-electron chi connectivity index (χ3n) is 5.24. The molecule has 2 N–H and O–H groups in total. The number of hydrogen-bond donors (Lipinski definition) is 2. The van der Waals surface area contributed by atoms with Gasteiger partial charge in [0, 0.05) is 35.1 Å². The summed E-state index contributed by atoms with van der Waals surface area (Å²) in [5.74, 6) is 0.662. The van der Waals surface area contributed by atoms with Crippen molar-refractivity contribution in [2.75, 3.05) is 17.7 Å². The molecule has 0 saturated heterocycles. The van der Waals surface area contributed by atoms with E-state index in [0.29, 0.717) is 23.0 Å². The van der Waals surface area contributed by atoms with E-state index in [4.69, 9.17) is 39.5 Å². The van der Waals surface area contributed by atoms with E-state index in [1.165, 1.54) is 23.1 Å². The minimum absolute atomic E-state index is 0.0337. The molecular formula is C25H20Cl3N5O3. The molecule has 2 amide bonds. The summed E-state index contributed by atoms with van der Waals surface area (Å²) in [6, 6.07) is 13.7. The number of anilines is 2. The lowest BCUT2D eigenvalue weighted by molar-refractivity contribution is 0.262. The summed E-state index contributed by atoms with van der Waals surface area (Å²) in [6.45, 7) is 2.08. The number of pyridine rings is 1. The Kier molecular flexibility index (Phi) is 7.79. The van der Waals surface area contributed by atoms with Crippen LogP contribution in [0.3, 0.4) is 0 Å². The molecule has 2 aromatic heterocycles. The lowest BCUT2D eigenvalue weighted by Crippen LogP contribution is -2.29. The van der Waals surface area contributed by atoms with Crippen LogP contribution in [0.15, 0.2) is 65.7 Å². The van der Waals surface area contributed by atoms with Gasteiger partial charge >= 0.3 is 6.03 Å². The smallest absolute Gasteiger partial charge is 0.323 e. The van der Waals surface area contributed by atoms with Crippen molar-refractivity contribution in [3.63, 3.8) is 0 Å². The fourth-order valence-corrected chi connectivity index (χ4v) is 4.17. The van der Waals surface area contributed by atoms with Crippen molar-refractivity contribution in [3.8, 4) is 28.1 Å². The summed E-state index contributed by atoms with van der Waals surface area (Å²) in [4.78, 5) is 29.4. The fourth-order valence-electron chi connectivity index (χ4n) is 3.54. The molecule has 0 atom stereocenters. The fraction of sp³-hybridized carbons (Fsp3) is 0.120. The molecule has 4 aromatic rings. The third-order valence-corrected chi connectivity index (χ3v) is 6.05. The van der Waals surface area contributed by atoms with Gasteiger partial charge in [0.1, 0.15) is 11.4 Å². The molecule has 0 radical (unpaired) electrons. The van der Waals surface area contributed by atoms with Gasteiger partial charge in [-0.2, -0.15) is 5.10 Å². The first-order valence-electron chi connectivity index (χ1n) is 10.7. The summed E-state index contributed by atoms with van der Waals surface area (Å²) in [6.07, 6.45) is 2.69. The Hall–Kier alpha value is -3.59. The third kappa shape index (κ3) is 5.46. The predicted molar refractivity (Wildman–Crippen MR) is 144 cm³/mol. The zero-order valence-electron chi connectivity index (χ0n) is 19.2. The Labute approximate surface area is 221 Å². The SMILES string of the molecule is CCn1nc(-c2cccc(-c3cc(Cl)ccc3OC)c2)cc(NC(=O)Nc2c(Cl)cncc2Cl)c1=O. The highest BCUT2D eigenvalue weighted by Crippen LogP contribution is 2.34. The monoisotopic (exact) mass is 543 g/mol. The number of ether oxygens (including phenoxy) is 1. The van der Waals surface area contributed by atoms with E-state index < -0.39 is 11.6 Å². The molecule has 0 spiro atoms. The number of carbonyl (C=O) groups is 1. The van der Waals surface area contributed by atoms with Crippen LogP contribution < -0.4 is 20.9 Å². The molecule has 11 heteroatoms. The van der Waals surface area contributed by atoms with Gasteiger partial charge in [-0.25, -0.2) is 9.48 Å². The van der Waals surface area contributed by atoms with Gasteiger partial charge < -0.3 is 15.4 Å². The molecule has 0 fully saturated rings. The van der Waals surface area contributed by atoms with Crippen LogP contribution in [0.2, 0.25) is 15.1 Å². The van der Waals surface area contributed by atoms with E-state index in [1.54, 1.807) is 26.2 Å². The average Bonchev–Trinajstić information content (AvgIpc) is 2.87. The molecule has 184 valence electrons. The number of benzene rings is 2. The van der Waals surface area contributed by atoms with Crippen molar-refractivity contribution in [3.05, 3.63) is 86.3 Å². The largest absolute Gasteiger partial charge is 0.496 e. The standard InChI is InChI=1S/C25H20Cl3N5O3/c1-3-33-24(34)21(30-25(35)31-23-18(27)12-29-13-19(23)28)11-20(32-33)15-6-4-5-14(9-15)17-10-16(26)7-8-22(17)36-2/h4-13H,3H2,1-2H3,(H2,29,30,31,35). The minimum Gasteiger partial charge on any atom is -0.496 e. The molecule has 4 rings (SSSR count). The number of rotatable bonds is 6. The van der Waals surface area contributed by atoms with Crippen LogP contribution in [0.4, 0.5) is 16.2 Å². The minimum atomic E-state index is -0.695. The summed E-state index contributed by atoms with van der Waals surface area (Å²) in [7, 11) is 1.59. The molecular weight excluding hydrogens is 525 g/mol. The van der Waals surface area contributed by atoms with Crippen LogP contribution in [-0.2, 0) is 6.54 Å². The second-order valence-corrected chi connectivity index (χ2v) is 8.80. The van der Waals surface area contributed by atoms with E-state index >= 15 is 0 Å². The van der Waals surface area contributed by atoms with Gasteiger partial charge in [0.25, 0.3) is 5.56 Å². The number of amides is 2. The number of halogens is 3. The Morgan fingerprint density at radius 2 is 1.72 bits per heavy atom. The maximum absolute atomic E-state index is 12.9. The van der Waals surface area contributed by atoms with Crippen molar-refractivity contribution in [1.82, 2.24) is 14.8 Å². The molecule has 36 heavy (non-hydrogen) atoms. The molecule has 2 heterocycles. The lowest BCUT2D eigenvalue weighted by Gasteiger charge is -2.13. The van der Waals surface area contributed by atoms with Gasteiger partial charge in [0.05, 0.1) is 28.5 Å².